The van der Waals surface area contributed by atoms with Gasteiger partial charge in [0.25, 0.3) is 5.91 Å². The first kappa shape index (κ1) is 19.9. The minimum Gasteiger partial charge on any atom is -0.341 e. The van der Waals surface area contributed by atoms with E-state index in [0.717, 1.165) is 37.1 Å². The van der Waals surface area contributed by atoms with Crippen molar-refractivity contribution in [1.82, 2.24) is 9.80 Å². The highest BCUT2D eigenvalue weighted by atomic mass is 32.1. The van der Waals surface area contributed by atoms with E-state index < -0.39 is 5.54 Å². The lowest BCUT2D eigenvalue weighted by molar-refractivity contribution is -0.138. The molecule has 1 unspecified atom stereocenters. The SMILES string of the molecule is CCCN(C(=O)c1cccs1)C1CCN(C(=O)C(C)(N)CCC)CC1. The minimum atomic E-state index is -0.780. The molecule has 6 heteroatoms. The Morgan fingerprint density at radius 2 is 2.00 bits per heavy atom. The number of hydrogen-bond donors (Lipinski definition) is 1. The van der Waals surface area contributed by atoms with E-state index >= 15 is 0 Å². The fourth-order valence-electron chi connectivity index (χ4n) is 3.60. The zero-order chi connectivity index (χ0) is 18.4. The molecule has 140 valence electrons. The van der Waals surface area contributed by atoms with Gasteiger partial charge in [-0.3, -0.25) is 9.59 Å². The second-order valence-corrected chi connectivity index (χ2v) is 8.11. The molecule has 2 amide bonds. The van der Waals surface area contributed by atoms with Crippen molar-refractivity contribution in [2.45, 2.75) is 64.5 Å². The summed E-state index contributed by atoms with van der Waals surface area (Å²) in [5.74, 6) is 0.163. The van der Waals surface area contributed by atoms with Crippen molar-refractivity contribution in [2.75, 3.05) is 19.6 Å². The molecule has 1 fully saturated rings. The molecule has 0 bridgehead atoms. The number of hydrogen-bond acceptors (Lipinski definition) is 4. The van der Waals surface area contributed by atoms with E-state index in [1.165, 1.54) is 11.3 Å². The van der Waals surface area contributed by atoms with Gasteiger partial charge in [0.05, 0.1) is 10.4 Å². The minimum absolute atomic E-state index is 0.0411. The molecule has 5 nitrogen and oxygen atoms in total. The van der Waals surface area contributed by atoms with Crippen LogP contribution in [0.15, 0.2) is 17.5 Å². The molecule has 0 aliphatic carbocycles. The summed E-state index contributed by atoms with van der Waals surface area (Å²) in [6, 6.07) is 4.01. The number of nitrogens with two attached hydrogens (primary N) is 1. The van der Waals surface area contributed by atoms with Gasteiger partial charge < -0.3 is 15.5 Å². The molecule has 2 heterocycles. The molecular formula is C19H31N3O2S. The molecule has 1 aliphatic rings. The van der Waals surface area contributed by atoms with Gasteiger partial charge in [0.2, 0.25) is 5.91 Å². The maximum atomic E-state index is 12.8. The quantitative estimate of drug-likeness (QED) is 0.807. The van der Waals surface area contributed by atoms with Crippen molar-refractivity contribution in [2.24, 2.45) is 5.73 Å². The Morgan fingerprint density at radius 3 is 2.52 bits per heavy atom. The predicted molar refractivity (Wildman–Crippen MR) is 103 cm³/mol. The summed E-state index contributed by atoms with van der Waals surface area (Å²) in [5, 5.41) is 1.94. The van der Waals surface area contributed by atoms with E-state index in [4.69, 9.17) is 5.73 Å². The van der Waals surface area contributed by atoms with E-state index in [-0.39, 0.29) is 17.9 Å². The van der Waals surface area contributed by atoms with Crippen LogP contribution in [0.1, 0.15) is 62.5 Å². The summed E-state index contributed by atoms with van der Waals surface area (Å²) in [4.78, 5) is 30.1. The molecule has 1 aliphatic heterocycles. The van der Waals surface area contributed by atoms with Crippen LogP contribution in [0.2, 0.25) is 0 Å². The van der Waals surface area contributed by atoms with Gasteiger partial charge in [0.1, 0.15) is 0 Å². The smallest absolute Gasteiger partial charge is 0.264 e. The van der Waals surface area contributed by atoms with Crippen LogP contribution in [0, 0.1) is 0 Å². The van der Waals surface area contributed by atoms with Gasteiger partial charge in [-0.2, -0.15) is 0 Å². The summed E-state index contributed by atoms with van der Waals surface area (Å²) in [6.45, 7) is 8.09. The van der Waals surface area contributed by atoms with Crippen molar-refractivity contribution < 1.29 is 9.59 Å². The lowest BCUT2D eigenvalue weighted by Gasteiger charge is -2.40. The van der Waals surface area contributed by atoms with E-state index in [1.807, 2.05) is 41.2 Å². The van der Waals surface area contributed by atoms with E-state index in [1.54, 1.807) is 0 Å². The predicted octanol–water partition coefficient (Wildman–Crippen LogP) is 3.11. The van der Waals surface area contributed by atoms with Crippen LogP contribution < -0.4 is 5.73 Å². The highest BCUT2D eigenvalue weighted by Crippen LogP contribution is 2.23. The van der Waals surface area contributed by atoms with Crippen LogP contribution in [0.25, 0.3) is 0 Å². The van der Waals surface area contributed by atoms with Crippen LogP contribution in [0.4, 0.5) is 0 Å². The summed E-state index contributed by atoms with van der Waals surface area (Å²) in [6.07, 6.45) is 4.18. The first-order chi connectivity index (χ1) is 11.9. The third-order valence-corrected chi connectivity index (χ3v) is 5.77. The van der Waals surface area contributed by atoms with Crippen molar-refractivity contribution in [1.29, 1.82) is 0 Å². The Morgan fingerprint density at radius 1 is 1.32 bits per heavy atom. The zero-order valence-electron chi connectivity index (χ0n) is 15.7. The Balaban J connectivity index is 1.99. The number of carbonyl (C=O) groups excluding carboxylic acids is 2. The highest BCUT2D eigenvalue weighted by molar-refractivity contribution is 7.12. The van der Waals surface area contributed by atoms with Crippen LogP contribution in [-0.2, 0) is 4.79 Å². The molecule has 2 rings (SSSR count). The van der Waals surface area contributed by atoms with Gasteiger partial charge in [0.15, 0.2) is 0 Å². The molecule has 1 atom stereocenters. The van der Waals surface area contributed by atoms with Gasteiger partial charge in [-0.25, -0.2) is 0 Å². The third kappa shape index (κ3) is 4.82. The molecule has 0 aromatic carbocycles. The second kappa shape index (κ2) is 8.81. The van der Waals surface area contributed by atoms with E-state index in [0.29, 0.717) is 19.5 Å². The second-order valence-electron chi connectivity index (χ2n) is 7.17. The average Bonchev–Trinajstić information content (AvgIpc) is 3.13. The van der Waals surface area contributed by atoms with Crippen LogP contribution in [0.5, 0.6) is 0 Å². The fourth-order valence-corrected chi connectivity index (χ4v) is 4.28. The lowest BCUT2D eigenvalue weighted by atomic mass is 9.93. The molecule has 2 N–H and O–H groups in total. The molecule has 0 saturated carbocycles. The number of piperidine rings is 1. The largest absolute Gasteiger partial charge is 0.341 e. The lowest BCUT2D eigenvalue weighted by Crippen LogP contribution is -2.57. The average molecular weight is 366 g/mol. The van der Waals surface area contributed by atoms with Crippen molar-refractivity contribution in [3.05, 3.63) is 22.4 Å². The Hall–Kier alpha value is -1.40. The molecule has 1 saturated heterocycles. The van der Waals surface area contributed by atoms with Crippen LogP contribution >= 0.6 is 11.3 Å². The Bertz CT molecular complexity index is 563. The number of likely N-dealkylation sites (tertiary alicyclic amines) is 1. The number of carbonyl (C=O) groups is 2. The van der Waals surface area contributed by atoms with Crippen molar-refractivity contribution in [3.8, 4) is 0 Å². The topological polar surface area (TPSA) is 66.6 Å². The van der Waals surface area contributed by atoms with E-state index in [2.05, 4.69) is 6.92 Å². The summed E-state index contributed by atoms with van der Waals surface area (Å²) in [7, 11) is 0. The fraction of sp³-hybridized carbons (Fsp3) is 0.684. The number of rotatable bonds is 7. The zero-order valence-corrected chi connectivity index (χ0v) is 16.5. The molecule has 0 spiro atoms. The Labute approximate surface area is 155 Å². The molecular weight excluding hydrogens is 334 g/mol. The highest BCUT2D eigenvalue weighted by Gasteiger charge is 2.35. The number of amides is 2. The van der Waals surface area contributed by atoms with Crippen LogP contribution in [-0.4, -0.2) is 52.8 Å². The summed E-state index contributed by atoms with van der Waals surface area (Å²) >= 11 is 1.49. The maximum Gasteiger partial charge on any atom is 0.264 e. The summed E-state index contributed by atoms with van der Waals surface area (Å²) in [5.41, 5.74) is 5.42. The maximum absolute atomic E-state index is 12.8. The molecule has 1 aromatic rings. The van der Waals surface area contributed by atoms with E-state index in [9.17, 15) is 9.59 Å². The molecule has 25 heavy (non-hydrogen) atoms. The number of thiophene rings is 1. The standard InChI is InChI=1S/C19H31N3O2S/c1-4-10-19(3,20)18(24)21-12-8-15(9-13-21)22(11-5-2)17(23)16-7-6-14-25-16/h6-7,14-15H,4-5,8-13,20H2,1-3H3. The van der Waals surface area contributed by atoms with Gasteiger partial charge in [0, 0.05) is 25.7 Å². The van der Waals surface area contributed by atoms with Gasteiger partial charge in [-0.1, -0.05) is 26.3 Å². The first-order valence-corrected chi connectivity index (χ1v) is 10.2. The number of nitrogens with zero attached hydrogens (tertiary/aromatic N) is 2. The van der Waals surface area contributed by atoms with Crippen molar-refractivity contribution in [3.63, 3.8) is 0 Å². The molecule has 0 radical (unpaired) electrons. The van der Waals surface area contributed by atoms with Gasteiger partial charge in [-0.05, 0) is 44.1 Å². The van der Waals surface area contributed by atoms with Gasteiger partial charge >= 0.3 is 0 Å². The van der Waals surface area contributed by atoms with Gasteiger partial charge in [-0.15, -0.1) is 11.3 Å². The van der Waals surface area contributed by atoms with Crippen molar-refractivity contribution >= 4 is 23.2 Å². The monoisotopic (exact) mass is 365 g/mol. The normalized spacial score (nSPS) is 18.0. The first-order valence-electron chi connectivity index (χ1n) is 9.33. The Kier molecular flexibility index (Phi) is 7.02. The summed E-state index contributed by atoms with van der Waals surface area (Å²) < 4.78 is 0. The third-order valence-electron chi connectivity index (χ3n) is 4.91. The van der Waals surface area contributed by atoms with Crippen LogP contribution in [0.3, 0.4) is 0 Å². The molecule has 1 aromatic heterocycles.